The lowest BCUT2D eigenvalue weighted by Gasteiger charge is -2.03. The lowest BCUT2D eigenvalue weighted by atomic mass is 10.2. The van der Waals surface area contributed by atoms with Crippen LogP contribution in [0.1, 0.15) is 58.3 Å². The number of fused-ring (bicyclic) bond motifs is 1. The Morgan fingerprint density at radius 2 is 1.52 bits per heavy atom. The number of esters is 1. The predicted octanol–water partition coefficient (Wildman–Crippen LogP) is 7.06. The van der Waals surface area contributed by atoms with Crippen molar-refractivity contribution in [3.63, 3.8) is 0 Å². The monoisotopic (exact) mass is 420 g/mol. The van der Waals surface area contributed by atoms with Gasteiger partial charge in [0.25, 0.3) is 0 Å². The van der Waals surface area contributed by atoms with Crippen LogP contribution in [0.3, 0.4) is 0 Å². The van der Waals surface area contributed by atoms with E-state index in [1.165, 1.54) is 31.7 Å². The molecule has 0 unspecified atom stereocenters. The van der Waals surface area contributed by atoms with Gasteiger partial charge < -0.3 is 9.15 Å². The number of hydrogen-bond acceptors (Lipinski definition) is 4. The van der Waals surface area contributed by atoms with Gasteiger partial charge in [-0.25, -0.2) is 4.79 Å². The minimum Gasteiger partial charge on any atom is -0.426 e. The molecule has 31 heavy (non-hydrogen) atoms. The molecule has 1 aromatic carbocycles. The van der Waals surface area contributed by atoms with Crippen molar-refractivity contribution in [1.82, 2.24) is 0 Å². The first kappa shape index (κ1) is 24.1. The van der Waals surface area contributed by atoms with E-state index in [0.29, 0.717) is 11.3 Å². The fourth-order valence-electron chi connectivity index (χ4n) is 2.90. The molecule has 1 aromatic heterocycles. The molecule has 4 heteroatoms. The van der Waals surface area contributed by atoms with Gasteiger partial charge in [-0.1, -0.05) is 68.4 Å². The van der Waals surface area contributed by atoms with Crippen LogP contribution < -0.4 is 10.4 Å². The summed E-state index contributed by atoms with van der Waals surface area (Å²) in [6.07, 6.45) is 24.7. The van der Waals surface area contributed by atoms with Crippen molar-refractivity contribution in [3.8, 4) is 5.75 Å². The van der Waals surface area contributed by atoms with Crippen LogP contribution in [0.25, 0.3) is 11.0 Å². The van der Waals surface area contributed by atoms with Crippen molar-refractivity contribution in [2.24, 2.45) is 0 Å². The van der Waals surface area contributed by atoms with Crippen LogP contribution in [-0.2, 0) is 4.79 Å². The average molecular weight is 421 g/mol. The summed E-state index contributed by atoms with van der Waals surface area (Å²) in [7, 11) is 0. The van der Waals surface area contributed by atoms with Gasteiger partial charge in [-0.15, -0.1) is 0 Å². The fraction of sp³-hybridized carbons (Fsp3) is 0.333. The van der Waals surface area contributed by atoms with Crippen LogP contribution in [-0.4, -0.2) is 5.97 Å². The van der Waals surface area contributed by atoms with Crippen LogP contribution in [0.4, 0.5) is 0 Å². The number of allylic oxidation sites excluding steroid dienone is 7. The molecular weight excluding hydrogens is 388 g/mol. The molecule has 164 valence electrons. The molecule has 0 saturated heterocycles. The standard InChI is InChI=1S/C27H32O4/c1-2-3-4-5-6-7-8-9-10-11-12-13-14-15-16-17-26(28)30-24-20-18-23-19-21-27(29)31-25(23)22-24/h6-7,9-10,12-13,15-16,18-22H,2-5,8,11,14,17H2,1H3. The lowest BCUT2D eigenvalue weighted by molar-refractivity contribution is -0.133. The molecule has 4 nitrogen and oxygen atoms in total. The van der Waals surface area contributed by atoms with Gasteiger partial charge in [0.2, 0.25) is 0 Å². The normalized spacial score (nSPS) is 12.2. The summed E-state index contributed by atoms with van der Waals surface area (Å²) < 4.78 is 10.4. The van der Waals surface area contributed by atoms with Gasteiger partial charge in [0.15, 0.2) is 0 Å². The molecule has 0 aliphatic carbocycles. The molecule has 0 atom stereocenters. The Kier molecular flexibility index (Phi) is 11.5. The summed E-state index contributed by atoms with van der Waals surface area (Å²) in [6.45, 7) is 2.22. The van der Waals surface area contributed by atoms with Gasteiger partial charge in [-0.3, -0.25) is 4.79 Å². The number of carbonyl (C=O) groups excluding carboxylic acids is 1. The van der Waals surface area contributed by atoms with E-state index >= 15 is 0 Å². The molecule has 0 spiro atoms. The zero-order valence-electron chi connectivity index (χ0n) is 18.3. The molecule has 1 heterocycles. The van der Waals surface area contributed by atoms with Gasteiger partial charge in [0.05, 0.1) is 6.42 Å². The second-order valence-corrected chi connectivity index (χ2v) is 7.22. The van der Waals surface area contributed by atoms with Gasteiger partial charge >= 0.3 is 11.6 Å². The molecule has 0 aliphatic heterocycles. The van der Waals surface area contributed by atoms with Crippen molar-refractivity contribution in [2.45, 2.75) is 58.3 Å². The first-order chi connectivity index (χ1) is 15.2. The van der Waals surface area contributed by atoms with E-state index in [9.17, 15) is 9.59 Å². The molecule has 0 fully saturated rings. The molecule has 0 bridgehead atoms. The summed E-state index contributed by atoms with van der Waals surface area (Å²) in [5, 5.41) is 0.778. The third-order valence-corrected chi connectivity index (χ3v) is 4.57. The number of hydrogen-bond donors (Lipinski definition) is 0. The highest BCUT2D eigenvalue weighted by Gasteiger charge is 2.05. The predicted molar refractivity (Wildman–Crippen MR) is 127 cm³/mol. The molecule has 0 aliphatic rings. The number of carbonyl (C=O) groups is 1. The number of rotatable bonds is 13. The molecular formula is C27H32O4. The number of ether oxygens (including phenoxy) is 1. The Labute approximate surface area is 184 Å². The Bertz CT molecular complexity index is 976. The van der Waals surface area contributed by atoms with E-state index < -0.39 is 5.63 Å². The summed E-state index contributed by atoms with van der Waals surface area (Å²) in [5.74, 6) is 0.00581. The highest BCUT2D eigenvalue weighted by atomic mass is 16.5. The van der Waals surface area contributed by atoms with Crippen LogP contribution in [0.15, 0.2) is 88.2 Å². The smallest absolute Gasteiger partial charge is 0.336 e. The zero-order chi connectivity index (χ0) is 22.2. The van der Waals surface area contributed by atoms with Gasteiger partial charge in [-0.05, 0) is 50.3 Å². The Hall–Kier alpha value is -3.14. The second-order valence-electron chi connectivity index (χ2n) is 7.22. The quantitative estimate of drug-likeness (QED) is 0.114. The fourth-order valence-corrected chi connectivity index (χ4v) is 2.90. The minimum absolute atomic E-state index is 0.190. The lowest BCUT2D eigenvalue weighted by Crippen LogP contribution is -2.06. The highest BCUT2D eigenvalue weighted by molar-refractivity contribution is 5.80. The van der Waals surface area contributed by atoms with Crippen LogP contribution in [0, 0.1) is 0 Å². The number of unbranched alkanes of at least 4 members (excludes halogenated alkanes) is 3. The molecule has 0 N–H and O–H groups in total. The minimum atomic E-state index is -0.433. The SMILES string of the molecule is CCCCCC=CCC=CCC=CCC=CCC(=O)Oc1ccc2ccc(=O)oc2c1. The Morgan fingerprint density at radius 1 is 0.871 bits per heavy atom. The summed E-state index contributed by atoms with van der Waals surface area (Å²) in [5.41, 5.74) is -0.0346. The largest absolute Gasteiger partial charge is 0.426 e. The third-order valence-electron chi connectivity index (χ3n) is 4.57. The average Bonchev–Trinajstić information content (AvgIpc) is 2.76. The van der Waals surface area contributed by atoms with E-state index in [2.05, 4.69) is 43.4 Å². The van der Waals surface area contributed by atoms with E-state index in [1.807, 2.05) is 6.08 Å². The third kappa shape index (κ3) is 10.4. The highest BCUT2D eigenvalue weighted by Crippen LogP contribution is 2.19. The zero-order valence-corrected chi connectivity index (χ0v) is 18.3. The molecule has 2 rings (SSSR count). The molecule has 0 radical (unpaired) electrons. The van der Waals surface area contributed by atoms with Crippen molar-refractivity contribution in [3.05, 3.63) is 89.4 Å². The van der Waals surface area contributed by atoms with Crippen LogP contribution in [0.2, 0.25) is 0 Å². The van der Waals surface area contributed by atoms with Gasteiger partial charge in [0, 0.05) is 17.5 Å². The van der Waals surface area contributed by atoms with Crippen LogP contribution in [0.5, 0.6) is 5.75 Å². The molecule has 0 saturated carbocycles. The number of benzene rings is 1. The first-order valence-corrected chi connectivity index (χ1v) is 11.0. The maximum Gasteiger partial charge on any atom is 0.336 e. The van der Waals surface area contributed by atoms with Crippen molar-refractivity contribution < 1.29 is 13.9 Å². The van der Waals surface area contributed by atoms with Gasteiger partial charge in [0.1, 0.15) is 11.3 Å². The van der Waals surface area contributed by atoms with E-state index in [-0.39, 0.29) is 12.4 Å². The van der Waals surface area contributed by atoms with Crippen molar-refractivity contribution in [2.75, 3.05) is 0 Å². The summed E-state index contributed by atoms with van der Waals surface area (Å²) >= 11 is 0. The molecule has 2 aromatic rings. The Morgan fingerprint density at radius 3 is 2.23 bits per heavy atom. The molecule has 0 amide bonds. The maximum atomic E-state index is 12.0. The van der Waals surface area contributed by atoms with Crippen molar-refractivity contribution >= 4 is 16.9 Å². The second kappa shape index (κ2) is 14.8. The van der Waals surface area contributed by atoms with E-state index in [0.717, 1.165) is 24.6 Å². The van der Waals surface area contributed by atoms with Crippen LogP contribution >= 0.6 is 0 Å². The van der Waals surface area contributed by atoms with Gasteiger partial charge in [-0.2, -0.15) is 0 Å². The van der Waals surface area contributed by atoms with E-state index in [4.69, 9.17) is 9.15 Å². The van der Waals surface area contributed by atoms with Crippen molar-refractivity contribution in [1.29, 1.82) is 0 Å². The topological polar surface area (TPSA) is 56.5 Å². The first-order valence-electron chi connectivity index (χ1n) is 11.0. The summed E-state index contributed by atoms with van der Waals surface area (Å²) in [6, 6.07) is 8.02. The van der Waals surface area contributed by atoms with E-state index in [1.54, 1.807) is 30.3 Å². The maximum absolute atomic E-state index is 12.0. The Balaban J connectivity index is 1.59. The summed E-state index contributed by atoms with van der Waals surface area (Å²) in [4.78, 5) is 23.2.